The predicted octanol–water partition coefficient (Wildman–Crippen LogP) is 4.96. The summed E-state index contributed by atoms with van der Waals surface area (Å²) in [5.41, 5.74) is 1.43. The van der Waals surface area contributed by atoms with Crippen LogP contribution in [-0.2, 0) is 9.59 Å². The van der Waals surface area contributed by atoms with Gasteiger partial charge in [0.25, 0.3) is 17.1 Å². The molecule has 0 aliphatic carbocycles. The number of benzene rings is 2. The zero-order valence-corrected chi connectivity index (χ0v) is 20.0. The lowest BCUT2D eigenvalue weighted by Gasteiger charge is -2.29. The van der Waals surface area contributed by atoms with Crippen molar-refractivity contribution < 1.29 is 23.6 Å². The van der Waals surface area contributed by atoms with E-state index in [0.29, 0.717) is 52.1 Å². The summed E-state index contributed by atoms with van der Waals surface area (Å²) in [6.45, 7) is 0.262. The molecular formula is C23H18Cl2FN3O4S. The summed E-state index contributed by atoms with van der Waals surface area (Å²) in [5, 5.41) is 2.71. The van der Waals surface area contributed by atoms with Crippen LogP contribution in [0.5, 0.6) is 0 Å². The summed E-state index contributed by atoms with van der Waals surface area (Å²) in [6, 6.07) is 9.84. The molecule has 0 aromatic heterocycles. The van der Waals surface area contributed by atoms with Gasteiger partial charge in [-0.25, -0.2) is 4.39 Å². The van der Waals surface area contributed by atoms with Gasteiger partial charge in [0, 0.05) is 23.8 Å². The SMILES string of the molecule is O=C(CN1C(=O)SC(=C2CCN(C(=O)c3cc(Cl)ccc3Cl)CC2)C1=O)Nc1ccc(F)cc1. The van der Waals surface area contributed by atoms with Crippen LogP contribution in [0.15, 0.2) is 52.9 Å². The Morgan fingerprint density at radius 3 is 2.38 bits per heavy atom. The van der Waals surface area contributed by atoms with Gasteiger partial charge in [0.1, 0.15) is 12.4 Å². The molecule has 1 N–H and O–H groups in total. The molecule has 2 aliphatic heterocycles. The zero-order valence-electron chi connectivity index (χ0n) is 17.6. The van der Waals surface area contributed by atoms with E-state index >= 15 is 0 Å². The first-order valence-electron chi connectivity index (χ1n) is 10.3. The minimum Gasteiger partial charge on any atom is -0.338 e. The van der Waals surface area contributed by atoms with Gasteiger partial charge in [-0.15, -0.1) is 0 Å². The Kier molecular flexibility index (Phi) is 7.25. The molecule has 0 unspecified atom stereocenters. The number of nitrogens with one attached hydrogen (secondary N) is 1. The van der Waals surface area contributed by atoms with Gasteiger partial charge in [-0.1, -0.05) is 23.2 Å². The Bertz CT molecular complexity index is 1210. The van der Waals surface area contributed by atoms with Crippen molar-refractivity contribution in [3.05, 3.63) is 74.4 Å². The van der Waals surface area contributed by atoms with Crippen molar-refractivity contribution in [1.29, 1.82) is 0 Å². The molecule has 2 saturated heterocycles. The first-order valence-corrected chi connectivity index (χ1v) is 11.9. The van der Waals surface area contributed by atoms with E-state index in [0.717, 1.165) is 22.2 Å². The predicted molar refractivity (Wildman–Crippen MR) is 128 cm³/mol. The topological polar surface area (TPSA) is 86.8 Å². The van der Waals surface area contributed by atoms with Crippen molar-refractivity contribution in [3.63, 3.8) is 0 Å². The van der Waals surface area contributed by atoms with Crippen LogP contribution in [0.2, 0.25) is 10.0 Å². The molecule has 0 bridgehead atoms. The molecule has 0 saturated carbocycles. The van der Waals surface area contributed by atoms with Crippen LogP contribution in [0.1, 0.15) is 23.2 Å². The van der Waals surface area contributed by atoms with Gasteiger partial charge in [-0.2, -0.15) is 0 Å². The number of hydrogen-bond acceptors (Lipinski definition) is 5. The quantitative estimate of drug-likeness (QED) is 0.574. The molecule has 2 fully saturated rings. The monoisotopic (exact) mass is 521 g/mol. The molecule has 2 aliphatic rings. The number of amides is 4. The van der Waals surface area contributed by atoms with Crippen LogP contribution in [0.4, 0.5) is 14.9 Å². The van der Waals surface area contributed by atoms with Crippen LogP contribution in [0.25, 0.3) is 0 Å². The maximum Gasteiger partial charge on any atom is 0.294 e. The fourth-order valence-corrected chi connectivity index (χ4v) is 5.02. The second-order valence-electron chi connectivity index (χ2n) is 7.66. The lowest BCUT2D eigenvalue weighted by atomic mass is 10.0. The molecule has 0 atom stereocenters. The fraction of sp³-hybridized carbons (Fsp3) is 0.217. The minimum absolute atomic E-state index is 0.253. The van der Waals surface area contributed by atoms with Crippen LogP contribution >= 0.6 is 35.0 Å². The lowest BCUT2D eigenvalue weighted by molar-refractivity contribution is -0.127. The van der Waals surface area contributed by atoms with Crippen molar-refractivity contribution in [2.24, 2.45) is 0 Å². The van der Waals surface area contributed by atoms with Crippen LogP contribution in [0, 0.1) is 5.82 Å². The molecule has 4 amide bonds. The third kappa shape index (κ3) is 5.27. The molecule has 11 heteroatoms. The van der Waals surface area contributed by atoms with Gasteiger partial charge >= 0.3 is 0 Å². The lowest BCUT2D eigenvalue weighted by Crippen LogP contribution is -2.38. The number of carbonyl (C=O) groups is 4. The second kappa shape index (κ2) is 10.2. The summed E-state index contributed by atoms with van der Waals surface area (Å²) >= 11 is 12.9. The Morgan fingerprint density at radius 1 is 1.03 bits per heavy atom. The molecular weight excluding hydrogens is 504 g/mol. The second-order valence-corrected chi connectivity index (χ2v) is 9.47. The molecule has 2 aromatic rings. The minimum atomic E-state index is -0.570. The highest BCUT2D eigenvalue weighted by molar-refractivity contribution is 8.18. The van der Waals surface area contributed by atoms with Crippen molar-refractivity contribution in [2.75, 3.05) is 25.0 Å². The number of thioether (sulfide) groups is 1. The normalized spacial score (nSPS) is 16.3. The van der Waals surface area contributed by atoms with Gasteiger partial charge in [-0.3, -0.25) is 24.1 Å². The van der Waals surface area contributed by atoms with Crippen LogP contribution in [0.3, 0.4) is 0 Å². The zero-order chi connectivity index (χ0) is 24.4. The largest absolute Gasteiger partial charge is 0.338 e. The number of halogens is 3. The van der Waals surface area contributed by atoms with Crippen molar-refractivity contribution in [3.8, 4) is 0 Å². The molecule has 0 spiro atoms. The summed E-state index contributed by atoms with van der Waals surface area (Å²) in [6.07, 6.45) is 0.835. The van der Waals surface area contributed by atoms with E-state index < -0.39 is 29.4 Å². The number of piperidine rings is 1. The summed E-state index contributed by atoms with van der Waals surface area (Å²) in [4.78, 5) is 53.2. The van der Waals surface area contributed by atoms with E-state index in [1.807, 2.05) is 0 Å². The molecule has 34 heavy (non-hydrogen) atoms. The average Bonchev–Trinajstić information content (AvgIpc) is 3.10. The summed E-state index contributed by atoms with van der Waals surface area (Å²) in [7, 11) is 0. The highest BCUT2D eigenvalue weighted by atomic mass is 35.5. The Labute approximate surface area is 208 Å². The summed E-state index contributed by atoms with van der Waals surface area (Å²) in [5.74, 6) is -1.80. The third-order valence-electron chi connectivity index (χ3n) is 5.41. The van der Waals surface area contributed by atoms with Crippen molar-refractivity contribution in [2.45, 2.75) is 12.8 Å². The third-order valence-corrected chi connectivity index (χ3v) is 7.04. The summed E-state index contributed by atoms with van der Waals surface area (Å²) < 4.78 is 13.0. The van der Waals surface area contributed by atoms with E-state index in [1.165, 1.54) is 30.3 Å². The number of carbonyl (C=O) groups excluding carboxylic acids is 4. The molecule has 2 aromatic carbocycles. The van der Waals surface area contributed by atoms with Gasteiger partial charge in [0.15, 0.2) is 0 Å². The number of likely N-dealkylation sites (tertiary alicyclic amines) is 1. The molecule has 176 valence electrons. The van der Waals surface area contributed by atoms with E-state index in [-0.39, 0.29) is 5.91 Å². The van der Waals surface area contributed by atoms with Crippen molar-refractivity contribution >= 4 is 63.6 Å². The van der Waals surface area contributed by atoms with Crippen molar-refractivity contribution in [1.82, 2.24) is 9.80 Å². The standard InChI is InChI=1S/C23H18Cl2FN3O4S/c24-14-1-6-18(25)17(11-14)21(31)28-9-7-13(8-10-28)20-22(32)29(23(33)34-20)12-19(30)27-16-4-2-15(26)3-5-16/h1-6,11H,7-10,12H2,(H,27,30). The number of imide groups is 1. The first-order chi connectivity index (χ1) is 16.2. The highest BCUT2D eigenvalue weighted by Gasteiger charge is 2.39. The van der Waals surface area contributed by atoms with Gasteiger partial charge in [0.05, 0.1) is 15.5 Å². The van der Waals surface area contributed by atoms with E-state index in [2.05, 4.69) is 5.32 Å². The maximum atomic E-state index is 13.0. The first kappa shape index (κ1) is 24.3. The highest BCUT2D eigenvalue weighted by Crippen LogP contribution is 2.36. The van der Waals surface area contributed by atoms with Gasteiger partial charge in [-0.05, 0) is 72.6 Å². The molecule has 0 radical (unpaired) electrons. The maximum absolute atomic E-state index is 13.0. The van der Waals surface area contributed by atoms with Crippen LogP contribution < -0.4 is 5.32 Å². The molecule has 2 heterocycles. The van der Waals surface area contributed by atoms with Gasteiger partial charge < -0.3 is 10.2 Å². The van der Waals surface area contributed by atoms with Gasteiger partial charge in [0.2, 0.25) is 5.91 Å². The average molecular weight is 522 g/mol. The Morgan fingerprint density at radius 2 is 1.71 bits per heavy atom. The number of rotatable bonds is 4. The number of hydrogen-bond donors (Lipinski definition) is 1. The smallest absolute Gasteiger partial charge is 0.294 e. The number of anilines is 1. The fourth-order valence-electron chi connectivity index (χ4n) is 3.67. The molecule has 4 rings (SSSR count). The van der Waals surface area contributed by atoms with E-state index in [4.69, 9.17) is 23.2 Å². The Hall–Kier alpha value is -2.88. The number of nitrogens with zero attached hydrogens (tertiary/aromatic N) is 2. The Balaban J connectivity index is 1.39. The molecule has 7 nitrogen and oxygen atoms in total. The van der Waals surface area contributed by atoms with Crippen LogP contribution in [-0.4, -0.2) is 52.4 Å². The van der Waals surface area contributed by atoms with E-state index in [1.54, 1.807) is 17.0 Å². The van der Waals surface area contributed by atoms with E-state index in [9.17, 15) is 23.6 Å².